The number of fused-ring (bicyclic) bond motifs is 2. The van der Waals surface area contributed by atoms with Crippen molar-refractivity contribution in [3.63, 3.8) is 0 Å². The maximum Gasteiger partial charge on any atom is 0.738 e. The first-order valence-corrected chi connectivity index (χ1v) is 8.25. The summed E-state index contributed by atoms with van der Waals surface area (Å²) < 4.78 is 45.5. The molecule has 2 aliphatic rings. The van der Waals surface area contributed by atoms with Gasteiger partial charge in [0, 0.05) is 33.8 Å². The monoisotopic (exact) mass is 443 g/mol. The Morgan fingerprint density at radius 1 is 1.09 bits per heavy atom. The Kier molecular flexibility index (Phi) is 3.21. The van der Waals surface area contributed by atoms with Gasteiger partial charge >= 0.3 is 6.97 Å². The second-order valence-corrected chi connectivity index (χ2v) is 6.77. The highest BCUT2D eigenvalue weighted by Crippen LogP contribution is 2.41. The maximum absolute atomic E-state index is 15.0. The molecule has 2 aromatic heterocycles. The van der Waals surface area contributed by atoms with Crippen LogP contribution >= 0.6 is 31.9 Å². The molecule has 0 atom stereocenters. The number of nitrogens with zero attached hydrogens (tertiary/aromatic N) is 3. The van der Waals surface area contributed by atoms with Gasteiger partial charge in [0.2, 0.25) is 4.62 Å². The summed E-state index contributed by atoms with van der Waals surface area (Å²) in [6.07, 6.45) is 4.24. The summed E-state index contributed by atoms with van der Waals surface area (Å²) in [4.78, 5) is 4.06. The van der Waals surface area contributed by atoms with Crippen LogP contribution in [0, 0.1) is 5.82 Å². The van der Waals surface area contributed by atoms with E-state index in [1.54, 1.807) is 24.3 Å². The molecule has 0 aliphatic carbocycles. The van der Waals surface area contributed by atoms with Gasteiger partial charge in [-0.15, -0.1) is 0 Å². The summed E-state index contributed by atoms with van der Waals surface area (Å²) in [5, 5.41) is 0. The third kappa shape index (κ3) is 2.02. The van der Waals surface area contributed by atoms with Crippen LogP contribution in [-0.4, -0.2) is 25.5 Å². The molecule has 9 heteroatoms. The van der Waals surface area contributed by atoms with Gasteiger partial charge in [0.15, 0.2) is 5.70 Å². The summed E-state index contributed by atoms with van der Waals surface area (Å²) in [7, 11) is 0. The second kappa shape index (κ2) is 4.94. The lowest BCUT2D eigenvalue weighted by Gasteiger charge is -2.31. The molecule has 4 rings (SSSR count). The Morgan fingerprint density at radius 3 is 2.57 bits per heavy atom. The normalized spacial score (nSPS) is 18.5. The Bertz CT molecular complexity index is 929. The minimum absolute atomic E-state index is 0.267. The van der Waals surface area contributed by atoms with Crippen LogP contribution in [0.5, 0.6) is 0 Å². The summed E-state index contributed by atoms with van der Waals surface area (Å²) in [6, 6.07) is 5.91. The van der Waals surface area contributed by atoms with Crippen molar-refractivity contribution < 1.29 is 17.5 Å². The first kappa shape index (κ1) is 15.0. The van der Waals surface area contributed by atoms with Crippen LogP contribution in [0.2, 0.25) is 0 Å². The van der Waals surface area contributed by atoms with E-state index in [0.717, 1.165) is 15.2 Å². The van der Waals surface area contributed by atoms with Crippen molar-refractivity contribution in [3.8, 4) is 0 Å². The van der Waals surface area contributed by atoms with Gasteiger partial charge < -0.3 is 17.6 Å². The number of hydrogen-bond donors (Lipinski definition) is 0. The molecule has 2 aliphatic heterocycles. The van der Waals surface area contributed by atoms with Gasteiger partial charge in [-0.3, -0.25) is 4.98 Å². The number of allylic oxidation sites excluding steroid dienone is 2. The van der Waals surface area contributed by atoms with Gasteiger partial charge in [-0.05, 0) is 40.2 Å². The Hall–Kier alpha value is -1.61. The number of rotatable bonds is 1. The van der Waals surface area contributed by atoms with Crippen LogP contribution in [-0.2, 0) is 0 Å². The van der Waals surface area contributed by atoms with Gasteiger partial charge in [0.1, 0.15) is 5.82 Å². The lowest BCUT2D eigenvalue weighted by Crippen LogP contribution is -2.50. The number of aromatic nitrogens is 2. The molecule has 0 fully saturated rings. The molecule has 0 bridgehead atoms. The van der Waals surface area contributed by atoms with E-state index in [1.165, 1.54) is 12.1 Å². The minimum atomic E-state index is -4.05. The van der Waals surface area contributed by atoms with Gasteiger partial charge in [-0.25, -0.2) is 4.39 Å². The van der Waals surface area contributed by atoms with Crippen LogP contribution in [0.1, 0.15) is 11.4 Å². The average molecular weight is 445 g/mol. The molecule has 2 aromatic rings. The van der Waals surface area contributed by atoms with E-state index in [2.05, 4.69) is 36.8 Å². The SMILES string of the molecule is Fc1ccc(C2=C3C=CC(Br)=[N+]3[B-](F)(F)n3c(Br)ccc32)nc1. The summed E-state index contributed by atoms with van der Waals surface area (Å²) in [5.41, 5.74) is 1.61. The van der Waals surface area contributed by atoms with Crippen molar-refractivity contribution in [2.45, 2.75) is 0 Å². The maximum atomic E-state index is 15.0. The van der Waals surface area contributed by atoms with Crippen LogP contribution in [0.15, 0.2) is 52.9 Å². The van der Waals surface area contributed by atoms with Crippen molar-refractivity contribution in [2.75, 3.05) is 0 Å². The Morgan fingerprint density at radius 2 is 1.87 bits per heavy atom. The Labute approximate surface area is 146 Å². The van der Waals surface area contributed by atoms with Crippen molar-refractivity contribution in [1.82, 2.24) is 9.46 Å². The van der Waals surface area contributed by atoms with Crippen molar-refractivity contribution in [3.05, 3.63) is 70.1 Å². The highest BCUT2D eigenvalue weighted by Gasteiger charge is 2.54. The van der Waals surface area contributed by atoms with Gasteiger partial charge in [0.05, 0.1) is 22.1 Å². The van der Waals surface area contributed by atoms with Gasteiger partial charge in [-0.2, -0.15) is 0 Å². The predicted octanol–water partition coefficient (Wildman–Crippen LogP) is 4.16. The quantitative estimate of drug-likeness (QED) is 0.605. The second-order valence-electron chi connectivity index (χ2n) is 5.15. The number of pyridine rings is 1. The highest BCUT2D eigenvalue weighted by molar-refractivity contribution is 9.18. The van der Waals surface area contributed by atoms with Crippen molar-refractivity contribution in [2.24, 2.45) is 0 Å². The van der Waals surface area contributed by atoms with E-state index in [4.69, 9.17) is 0 Å². The molecule has 0 radical (unpaired) electrons. The standard InChI is InChI=1S/C14H7BBr2F3N3/c16-12-5-3-10-14(9-2-1-8(18)7-21-9)11-4-6-13(17)23(11)15(19,20)22(10)12/h1-7H. The van der Waals surface area contributed by atoms with E-state index < -0.39 is 12.8 Å². The van der Waals surface area contributed by atoms with Crippen LogP contribution in [0.4, 0.5) is 13.0 Å². The third-order valence-corrected chi connectivity index (χ3v) is 5.15. The van der Waals surface area contributed by atoms with Crippen molar-refractivity contribution in [1.29, 1.82) is 0 Å². The molecular formula is C14H7BBr2F3N3. The summed E-state index contributed by atoms with van der Waals surface area (Å²) in [5.74, 6) is -0.479. The molecule has 0 saturated heterocycles. The third-order valence-electron chi connectivity index (χ3n) is 3.85. The molecule has 0 unspecified atom stereocenters. The zero-order valence-electron chi connectivity index (χ0n) is 11.4. The van der Waals surface area contributed by atoms with Crippen molar-refractivity contribution >= 4 is 49.0 Å². The van der Waals surface area contributed by atoms with E-state index >= 15 is 0 Å². The first-order valence-electron chi connectivity index (χ1n) is 6.67. The van der Waals surface area contributed by atoms with Gasteiger partial charge in [-0.1, -0.05) is 0 Å². The molecule has 0 N–H and O–H groups in total. The van der Waals surface area contributed by atoms with E-state index in [9.17, 15) is 13.0 Å². The van der Waals surface area contributed by atoms with Gasteiger partial charge in [0.25, 0.3) is 0 Å². The fourth-order valence-electron chi connectivity index (χ4n) is 2.92. The fraction of sp³-hybridized carbons (Fsp3) is 0. The lowest BCUT2D eigenvalue weighted by atomic mass is 9.88. The van der Waals surface area contributed by atoms with E-state index in [-0.39, 0.29) is 9.22 Å². The largest absolute Gasteiger partial charge is 0.738 e. The summed E-state index contributed by atoms with van der Waals surface area (Å²) in [6.45, 7) is -4.05. The topological polar surface area (TPSA) is 20.8 Å². The van der Waals surface area contributed by atoms with Crippen LogP contribution in [0.3, 0.4) is 0 Å². The van der Waals surface area contributed by atoms with E-state index in [1.807, 2.05) is 0 Å². The Balaban J connectivity index is 2.09. The fourth-order valence-corrected chi connectivity index (χ4v) is 4.06. The summed E-state index contributed by atoms with van der Waals surface area (Å²) >= 11 is 6.36. The molecule has 116 valence electrons. The molecule has 0 saturated carbocycles. The number of halogens is 5. The van der Waals surface area contributed by atoms with Crippen LogP contribution < -0.4 is 0 Å². The molecule has 23 heavy (non-hydrogen) atoms. The molecule has 4 heterocycles. The zero-order chi connectivity index (χ0) is 16.4. The molecule has 0 spiro atoms. The molecule has 0 amide bonds. The number of hydrogen-bond acceptors (Lipinski definition) is 1. The van der Waals surface area contributed by atoms with E-state index in [0.29, 0.717) is 22.7 Å². The molecular weight excluding hydrogens is 438 g/mol. The highest BCUT2D eigenvalue weighted by atomic mass is 79.9. The zero-order valence-corrected chi connectivity index (χ0v) is 14.5. The predicted molar refractivity (Wildman–Crippen MR) is 89.1 cm³/mol. The first-order chi connectivity index (χ1) is 10.9. The minimum Gasteiger partial charge on any atom is -0.389 e. The van der Waals surface area contributed by atoms with Crippen LogP contribution in [0.25, 0.3) is 5.57 Å². The lowest BCUT2D eigenvalue weighted by molar-refractivity contribution is -0.358. The average Bonchev–Trinajstić information content (AvgIpc) is 3.06. The molecule has 0 aromatic carbocycles. The smallest absolute Gasteiger partial charge is 0.389 e. The molecule has 3 nitrogen and oxygen atoms in total.